The lowest BCUT2D eigenvalue weighted by Gasteiger charge is -2.31. The predicted molar refractivity (Wildman–Crippen MR) is 157 cm³/mol. The number of phenolic OH excluding ortho intramolecular Hbond substituents is 1. The Bertz CT molecular complexity index is 1170. The highest BCUT2D eigenvalue weighted by Gasteiger charge is 2.58. The van der Waals surface area contributed by atoms with Crippen molar-refractivity contribution in [1.29, 1.82) is 0 Å². The molecule has 1 N–H and O–H groups in total. The summed E-state index contributed by atoms with van der Waals surface area (Å²) in [5, 5.41) is 10.2. The molecule has 0 unspecified atom stereocenters. The number of likely N-dealkylation sites (tertiary alicyclic amines) is 1. The van der Waals surface area contributed by atoms with E-state index in [2.05, 4.69) is 35.6 Å². The van der Waals surface area contributed by atoms with E-state index in [1.165, 1.54) is 17.6 Å². The number of hydrogen-bond donors (Lipinski definition) is 1. The van der Waals surface area contributed by atoms with Crippen LogP contribution in [-0.4, -0.2) is 61.4 Å². The zero-order valence-electron chi connectivity index (χ0n) is 23.2. The summed E-state index contributed by atoms with van der Waals surface area (Å²) in [7, 11) is 3.25. The Morgan fingerprint density at radius 2 is 1.92 bits per heavy atom. The molecule has 0 radical (unpaired) electrons. The summed E-state index contributed by atoms with van der Waals surface area (Å²) < 4.78 is 18.1. The molecule has 0 aromatic heterocycles. The highest BCUT2D eigenvalue weighted by molar-refractivity contribution is 14.1. The molecule has 0 bridgehead atoms. The van der Waals surface area contributed by atoms with Crippen LogP contribution in [0.15, 0.2) is 28.9 Å². The first-order valence-corrected chi connectivity index (χ1v) is 15.4. The Kier molecular flexibility index (Phi) is 9.03. The number of allylic oxidation sites excluding steroid dienone is 1. The second-order valence-corrected chi connectivity index (χ2v) is 12.5. The largest absolute Gasteiger partial charge is 0.504 e. The van der Waals surface area contributed by atoms with E-state index in [4.69, 9.17) is 14.2 Å². The van der Waals surface area contributed by atoms with Gasteiger partial charge >= 0.3 is 0 Å². The molecule has 2 saturated heterocycles. The van der Waals surface area contributed by atoms with Crippen LogP contribution in [0.2, 0.25) is 0 Å². The topological polar surface area (TPSA) is 85.3 Å². The number of rotatable bonds is 9. The van der Waals surface area contributed by atoms with Crippen molar-refractivity contribution in [3.8, 4) is 11.5 Å². The molecule has 2 aliphatic heterocycles. The van der Waals surface area contributed by atoms with Crippen molar-refractivity contribution in [2.24, 2.45) is 17.8 Å². The number of phenols is 1. The summed E-state index contributed by atoms with van der Waals surface area (Å²) in [6.45, 7) is 3.11. The van der Waals surface area contributed by atoms with Crippen LogP contribution in [0.4, 0.5) is 0 Å². The standard InChI is InChI=1S/C31H40INO6/c1-4-18(12-19-13-24(32)29(34)26(14-19)38-3)10-11-25-27-20(16-37-2)15-22-28(23(27)17-39-25)31(36)33(30(22)35)21-8-6-5-7-9-21/h12-14,21-23,25,28,34H,4-11,15-17H2,1-3H3/b18-12+/t22-,23+,25-,28-/m1/s1. The number of amides is 2. The van der Waals surface area contributed by atoms with E-state index >= 15 is 0 Å². The molecule has 4 aliphatic rings. The third-order valence-corrected chi connectivity index (χ3v) is 9.95. The molecule has 1 aromatic rings. The van der Waals surface area contributed by atoms with Crippen molar-refractivity contribution in [2.75, 3.05) is 27.4 Å². The summed E-state index contributed by atoms with van der Waals surface area (Å²) in [5.74, 6) is 0.0735. The summed E-state index contributed by atoms with van der Waals surface area (Å²) in [5.41, 5.74) is 4.64. The number of fused-ring (bicyclic) bond motifs is 3. The summed E-state index contributed by atoms with van der Waals surface area (Å²) in [6.07, 6.45) is 10.5. The third-order valence-electron chi connectivity index (χ3n) is 9.12. The van der Waals surface area contributed by atoms with Crippen molar-refractivity contribution in [2.45, 2.75) is 76.9 Å². The van der Waals surface area contributed by atoms with Crippen molar-refractivity contribution in [3.63, 3.8) is 0 Å². The second kappa shape index (κ2) is 12.3. The molecule has 212 valence electrons. The van der Waals surface area contributed by atoms with Gasteiger partial charge in [0.15, 0.2) is 11.5 Å². The lowest BCUT2D eigenvalue weighted by atomic mass is 9.69. The molecule has 4 atom stereocenters. The van der Waals surface area contributed by atoms with Crippen molar-refractivity contribution in [1.82, 2.24) is 4.90 Å². The molecule has 7 nitrogen and oxygen atoms in total. The van der Waals surface area contributed by atoms with E-state index in [-0.39, 0.29) is 47.5 Å². The molecule has 5 rings (SSSR count). The highest BCUT2D eigenvalue weighted by Crippen LogP contribution is 2.51. The number of carbonyl (C=O) groups is 2. The molecule has 2 heterocycles. The Morgan fingerprint density at radius 1 is 1.15 bits per heavy atom. The van der Waals surface area contributed by atoms with Gasteiger partial charge in [-0.1, -0.05) is 37.8 Å². The van der Waals surface area contributed by atoms with Crippen LogP contribution in [0.5, 0.6) is 11.5 Å². The van der Waals surface area contributed by atoms with Crippen LogP contribution in [0.1, 0.15) is 70.3 Å². The van der Waals surface area contributed by atoms with Crippen molar-refractivity contribution >= 4 is 40.5 Å². The molecule has 1 saturated carbocycles. The maximum Gasteiger partial charge on any atom is 0.234 e. The number of ether oxygens (including phenoxy) is 3. The number of hydrogen-bond acceptors (Lipinski definition) is 6. The van der Waals surface area contributed by atoms with Gasteiger partial charge in [-0.25, -0.2) is 0 Å². The summed E-state index contributed by atoms with van der Waals surface area (Å²) in [4.78, 5) is 28.9. The quantitative estimate of drug-likeness (QED) is 0.205. The summed E-state index contributed by atoms with van der Waals surface area (Å²) >= 11 is 2.12. The minimum atomic E-state index is -0.298. The molecule has 8 heteroatoms. The Labute approximate surface area is 245 Å². The molecule has 1 aromatic carbocycles. The van der Waals surface area contributed by atoms with Gasteiger partial charge in [-0.3, -0.25) is 14.5 Å². The van der Waals surface area contributed by atoms with E-state index in [1.54, 1.807) is 19.1 Å². The average Bonchev–Trinajstić information content (AvgIpc) is 3.47. The number of methoxy groups -OCH3 is 2. The average molecular weight is 650 g/mol. The lowest BCUT2D eigenvalue weighted by Crippen LogP contribution is -2.42. The van der Waals surface area contributed by atoms with Crippen LogP contribution in [0.25, 0.3) is 6.08 Å². The Balaban J connectivity index is 1.35. The first kappa shape index (κ1) is 28.6. The van der Waals surface area contributed by atoms with E-state index in [1.807, 2.05) is 12.1 Å². The second-order valence-electron chi connectivity index (χ2n) is 11.3. The van der Waals surface area contributed by atoms with Gasteiger partial charge < -0.3 is 19.3 Å². The van der Waals surface area contributed by atoms with Gasteiger partial charge in [0.2, 0.25) is 11.8 Å². The number of nitrogens with zero attached hydrogens (tertiary/aromatic N) is 1. The van der Waals surface area contributed by atoms with E-state index in [0.29, 0.717) is 25.4 Å². The molecule has 2 amide bonds. The Morgan fingerprint density at radius 3 is 2.62 bits per heavy atom. The van der Waals surface area contributed by atoms with Gasteiger partial charge in [0.25, 0.3) is 0 Å². The fraction of sp³-hybridized carbons (Fsp3) is 0.613. The van der Waals surface area contributed by atoms with Gasteiger partial charge in [0.05, 0.1) is 41.8 Å². The molecule has 0 spiro atoms. The number of aromatic hydroxyl groups is 1. The van der Waals surface area contributed by atoms with Crippen LogP contribution in [0.3, 0.4) is 0 Å². The normalized spacial score (nSPS) is 27.8. The molecular weight excluding hydrogens is 609 g/mol. The SMILES string of the molecule is CC/C(=C\c1cc(I)c(O)c(OC)c1)CC[C@H]1OC[C@H]2C1=C(COC)C[C@H]1C(=O)N(C3CCCCC3)C(=O)[C@H]12. The maximum atomic E-state index is 13.7. The van der Waals surface area contributed by atoms with E-state index in [0.717, 1.165) is 59.7 Å². The highest BCUT2D eigenvalue weighted by atomic mass is 127. The third kappa shape index (κ3) is 5.53. The van der Waals surface area contributed by atoms with Crippen LogP contribution in [-0.2, 0) is 19.1 Å². The molecule has 2 aliphatic carbocycles. The monoisotopic (exact) mass is 649 g/mol. The first-order chi connectivity index (χ1) is 18.9. The first-order valence-electron chi connectivity index (χ1n) is 14.3. The van der Waals surface area contributed by atoms with Gasteiger partial charge in [0.1, 0.15) is 0 Å². The maximum absolute atomic E-state index is 13.7. The molecule has 39 heavy (non-hydrogen) atoms. The van der Waals surface area contributed by atoms with Crippen molar-refractivity contribution < 1.29 is 28.9 Å². The van der Waals surface area contributed by atoms with Gasteiger partial charge in [0, 0.05) is 19.1 Å². The predicted octanol–water partition coefficient (Wildman–Crippen LogP) is 5.87. The fourth-order valence-electron chi connectivity index (χ4n) is 7.24. The minimum absolute atomic E-state index is 0.0307. The zero-order valence-corrected chi connectivity index (χ0v) is 25.4. The number of benzene rings is 1. The number of halogens is 1. The number of imide groups is 1. The zero-order chi connectivity index (χ0) is 27.7. The van der Waals surface area contributed by atoms with Crippen LogP contribution >= 0.6 is 22.6 Å². The van der Waals surface area contributed by atoms with Crippen molar-refractivity contribution in [3.05, 3.63) is 38.0 Å². The Hall–Kier alpha value is -1.91. The fourth-order valence-corrected chi connectivity index (χ4v) is 7.86. The van der Waals surface area contributed by atoms with Crippen LogP contribution in [0, 0.1) is 21.3 Å². The summed E-state index contributed by atoms with van der Waals surface area (Å²) in [6, 6.07) is 3.88. The minimum Gasteiger partial charge on any atom is -0.504 e. The molecular formula is C31H40INO6. The van der Waals surface area contributed by atoms with E-state index < -0.39 is 0 Å². The van der Waals surface area contributed by atoms with Gasteiger partial charge in [-0.2, -0.15) is 0 Å². The van der Waals surface area contributed by atoms with Gasteiger partial charge in [-0.05, 0) is 90.0 Å². The van der Waals surface area contributed by atoms with Gasteiger partial charge in [-0.15, -0.1) is 0 Å². The smallest absolute Gasteiger partial charge is 0.234 e. The number of carbonyl (C=O) groups excluding carboxylic acids is 2. The van der Waals surface area contributed by atoms with E-state index in [9.17, 15) is 14.7 Å². The molecule has 3 fully saturated rings. The lowest BCUT2D eigenvalue weighted by molar-refractivity contribution is -0.143. The van der Waals surface area contributed by atoms with Crippen LogP contribution < -0.4 is 4.74 Å².